The van der Waals surface area contributed by atoms with Gasteiger partial charge in [0.15, 0.2) is 0 Å². The van der Waals surface area contributed by atoms with Crippen LogP contribution in [0.25, 0.3) is 0 Å². The quantitative estimate of drug-likeness (QED) is 0.445. The molecule has 0 unspecified atom stereocenters. The molecule has 0 fully saturated rings. The lowest BCUT2D eigenvalue weighted by atomic mass is 10.2. The van der Waals surface area contributed by atoms with Crippen LogP contribution in [0.1, 0.15) is 32.3 Å². The van der Waals surface area contributed by atoms with Crippen molar-refractivity contribution in [1.29, 1.82) is 5.26 Å². The van der Waals surface area contributed by atoms with E-state index in [-0.39, 0.29) is 17.4 Å². The van der Waals surface area contributed by atoms with Gasteiger partial charge < -0.3 is 10.1 Å². The summed E-state index contributed by atoms with van der Waals surface area (Å²) in [5, 5.41) is 22.6. The minimum atomic E-state index is -0.569. The van der Waals surface area contributed by atoms with Crippen molar-refractivity contribution in [1.82, 2.24) is 4.98 Å². The second-order valence-electron chi connectivity index (χ2n) is 4.51. The monoisotopic (exact) mass is 278 g/mol. The Hall–Kier alpha value is -2.20. The minimum absolute atomic E-state index is 0.178. The number of pyridine rings is 1. The standard InChI is InChI=1S/C13H18N4O3/c1-10(2)20-6-4-3-5-15-13-11(8-14)7-12(9-16-13)17(18)19/h7,9-10H,3-6H2,1-2H3,(H,15,16). The highest BCUT2D eigenvalue weighted by Crippen LogP contribution is 2.18. The van der Waals surface area contributed by atoms with Gasteiger partial charge in [-0.25, -0.2) is 4.98 Å². The average Bonchev–Trinajstić information content (AvgIpc) is 2.42. The molecule has 1 aromatic heterocycles. The highest BCUT2D eigenvalue weighted by molar-refractivity contribution is 5.55. The first-order valence-corrected chi connectivity index (χ1v) is 6.44. The number of nitro groups is 1. The minimum Gasteiger partial charge on any atom is -0.379 e. The molecule has 0 atom stereocenters. The Balaban J connectivity index is 2.44. The van der Waals surface area contributed by atoms with E-state index in [9.17, 15) is 10.1 Å². The molecule has 7 heteroatoms. The van der Waals surface area contributed by atoms with Crippen molar-refractivity contribution in [3.05, 3.63) is 27.9 Å². The van der Waals surface area contributed by atoms with Gasteiger partial charge in [0.05, 0.1) is 11.0 Å². The van der Waals surface area contributed by atoms with Gasteiger partial charge in [0, 0.05) is 19.2 Å². The Kier molecular flexibility index (Phi) is 6.40. The maximum atomic E-state index is 10.6. The Morgan fingerprint density at radius 2 is 2.30 bits per heavy atom. The molecule has 7 nitrogen and oxygen atoms in total. The molecular weight excluding hydrogens is 260 g/mol. The number of hydrogen-bond donors (Lipinski definition) is 1. The lowest BCUT2D eigenvalue weighted by Gasteiger charge is -2.08. The largest absolute Gasteiger partial charge is 0.379 e. The van der Waals surface area contributed by atoms with Crippen molar-refractivity contribution in [2.24, 2.45) is 0 Å². The number of ether oxygens (including phenoxy) is 1. The van der Waals surface area contributed by atoms with E-state index in [2.05, 4.69) is 10.3 Å². The molecule has 108 valence electrons. The predicted octanol–water partition coefficient (Wildman–Crippen LogP) is 2.48. The van der Waals surface area contributed by atoms with Gasteiger partial charge in [-0.05, 0) is 26.7 Å². The van der Waals surface area contributed by atoms with Crippen LogP contribution in [0.5, 0.6) is 0 Å². The molecule has 1 aromatic rings. The molecule has 0 amide bonds. The first kappa shape index (κ1) is 15.9. The van der Waals surface area contributed by atoms with Crippen molar-refractivity contribution < 1.29 is 9.66 Å². The van der Waals surface area contributed by atoms with Crippen molar-refractivity contribution in [3.63, 3.8) is 0 Å². The van der Waals surface area contributed by atoms with Gasteiger partial charge in [0.2, 0.25) is 0 Å². The maximum Gasteiger partial charge on any atom is 0.289 e. The van der Waals surface area contributed by atoms with Gasteiger partial charge in [0.25, 0.3) is 5.69 Å². The molecule has 20 heavy (non-hydrogen) atoms. The second kappa shape index (κ2) is 8.07. The number of nitrogens with one attached hydrogen (secondary N) is 1. The van der Waals surface area contributed by atoms with Gasteiger partial charge in [-0.1, -0.05) is 0 Å². The summed E-state index contributed by atoms with van der Waals surface area (Å²) in [7, 11) is 0. The smallest absolute Gasteiger partial charge is 0.289 e. The van der Waals surface area contributed by atoms with Gasteiger partial charge >= 0.3 is 0 Å². The fraction of sp³-hybridized carbons (Fsp3) is 0.538. The second-order valence-corrected chi connectivity index (χ2v) is 4.51. The molecule has 0 saturated heterocycles. The predicted molar refractivity (Wildman–Crippen MR) is 74.4 cm³/mol. The van der Waals surface area contributed by atoms with Crippen molar-refractivity contribution in [2.75, 3.05) is 18.5 Å². The van der Waals surface area contributed by atoms with Gasteiger partial charge in [-0.3, -0.25) is 10.1 Å². The van der Waals surface area contributed by atoms with Crippen LogP contribution >= 0.6 is 0 Å². The number of anilines is 1. The van der Waals surface area contributed by atoms with Crippen LogP contribution in [0.4, 0.5) is 11.5 Å². The lowest BCUT2D eigenvalue weighted by Crippen LogP contribution is -2.08. The molecule has 0 aliphatic carbocycles. The van der Waals surface area contributed by atoms with Gasteiger partial charge in [0.1, 0.15) is 23.6 Å². The number of nitriles is 1. The van der Waals surface area contributed by atoms with Crippen LogP contribution in [-0.4, -0.2) is 29.2 Å². The average molecular weight is 278 g/mol. The Morgan fingerprint density at radius 3 is 2.90 bits per heavy atom. The molecule has 0 saturated carbocycles. The molecule has 0 aliphatic rings. The third-order valence-corrected chi connectivity index (χ3v) is 2.52. The number of hydrogen-bond acceptors (Lipinski definition) is 6. The number of nitrogens with zero attached hydrogens (tertiary/aromatic N) is 3. The van der Waals surface area contributed by atoms with Crippen LogP contribution in [0.3, 0.4) is 0 Å². The van der Waals surface area contributed by atoms with Crippen LogP contribution < -0.4 is 5.32 Å². The van der Waals surface area contributed by atoms with Crippen LogP contribution in [0.15, 0.2) is 12.3 Å². The summed E-state index contributed by atoms with van der Waals surface area (Å²) in [5.41, 5.74) is -0.00457. The van der Waals surface area contributed by atoms with E-state index in [1.54, 1.807) is 0 Å². The molecule has 0 spiro atoms. The molecular formula is C13H18N4O3. The summed E-state index contributed by atoms with van der Waals surface area (Å²) in [6.07, 6.45) is 3.14. The topological polar surface area (TPSA) is 101 Å². The van der Waals surface area contributed by atoms with Crippen molar-refractivity contribution in [2.45, 2.75) is 32.8 Å². The van der Waals surface area contributed by atoms with E-state index in [4.69, 9.17) is 10.00 Å². The number of rotatable bonds is 8. The zero-order valence-electron chi connectivity index (χ0n) is 11.6. The van der Waals surface area contributed by atoms with E-state index < -0.39 is 4.92 Å². The van der Waals surface area contributed by atoms with E-state index in [1.165, 1.54) is 6.07 Å². The molecule has 0 bridgehead atoms. The summed E-state index contributed by atoms with van der Waals surface area (Å²) < 4.78 is 5.41. The number of unbranched alkanes of at least 4 members (excludes halogenated alkanes) is 1. The summed E-state index contributed by atoms with van der Waals surface area (Å²) in [4.78, 5) is 13.9. The zero-order chi connectivity index (χ0) is 15.0. The number of aromatic nitrogens is 1. The summed E-state index contributed by atoms with van der Waals surface area (Å²) in [5.74, 6) is 0.378. The molecule has 0 aromatic carbocycles. The van der Waals surface area contributed by atoms with E-state index in [0.717, 1.165) is 19.0 Å². The fourth-order valence-electron chi connectivity index (χ4n) is 1.53. The first-order valence-electron chi connectivity index (χ1n) is 6.44. The van der Waals surface area contributed by atoms with E-state index >= 15 is 0 Å². The maximum absolute atomic E-state index is 10.6. The third kappa shape index (κ3) is 5.20. The third-order valence-electron chi connectivity index (χ3n) is 2.52. The zero-order valence-corrected chi connectivity index (χ0v) is 11.6. The Labute approximate surface area is 117 Å². The van der Waals surface area contributed by atoms with Crippen LogP contribution in [-0.2, 0) is 4.74 Å². The molecule has 1 rings (SSSR count). The molecule has 1 N–H and O–H groups in total. The summed E-state index contributed by atoms with van der Waals surface area (Å²) in [6, 6.07) is 3.12. The Bertz CT molecular complexity index is 497. The first-order chi connectivity index (χ1) is 9.54. The Morgan fingerprint density at radius 1 is 1.55 bits per heavy atom. The van der Waals surface area contributed by atoms with Crippen molar-refractivity contribution >= 4 is 11.5 Å². The molecule has 0 aliphatic heterocycles. The molecule has 1 heterocycles. The lowest BCUT2D eigenvalue weighted by molar-refractivity contribution is -0.385. The summed E-state index contributed by atoms with van der Waals surface area (Å²) in [6.45, 7) is 5.30. The van der Waals surface area contributed by atoms with E-state index in [1.807, 2.05) is 19.9 Å². The van der Waals surface area contributed by atoms with Crippen LogP contribution in [0.2, 0.25) is 0 Å². The summed E-state index contributed by atoms with van der Waals surface area (Å²) >= 11 is 0. The fourth-order valence-corrected chi connectivity index (χ4v) is 1.53. The van der Waals surface area contributed by atoms with Gasteiger partial charge in [-0.15, -0.1) is 0 Å². The van der Waals surface area contributed by atoms with Crippen LogP contribution in [0, 0.1) is 21.4 Å². The molecule has 0 radical (unpaired) electrons. The SMILES string of the molecule is CC(C)OCCCCNc1ncc([N+](=O)[O-])cc1C#N. The highest BCUT2D eigenvalue weighted by Gasteiger charge is 2.11. The van der Waals surface area contributed by atoms with Gasteiger partial charge in [-0.2, -0.15) is 5.26 Å². The van der Waals surface area contributed by atoms with E-state index in [0.29, 0.717) is 19.0 Å². The van der Waals surface area contributed by atoms with Crippen molar-refractivity contribution in [3.8, 4) is 6.07 Å². The highest BCUT2D eigenvalue weighted by atomic mass is 16.6. The normalized spacial score (nSPS) is 10.3.